The van der Waals surface area contributed by atoms with Crippen LogP contribution in [0.25, 0.3) is 0 Å². The summed E-state index contributed by atoms with van der Waals surface area (Å²) in [7, 11) is 0. The number of unbranched alkanes of at least 4 members (excludes halogenated alkanes) is 28. The molecule has 0 aromatic heterocycles. The zero-order chi connectivity index (χ0) is 47.9. The number of rotatable bonds is 46. The van der Waals surface area contributed by atoms with Crippen LogP contribution in [0.15, 0.2) is 36.4 Å². The van der Waals surface area contributed by atoms with Gasteiger partial charge >= 0.3 is 23.9 Å². The van der Waals surface area contributed by atoms with E-state index in [0.717, 1.165) is 215 Å². The highest BCUT2D eigenvalue weighted by Gasteiger charge is 2.18. The molecule has 0 radical (unpaired) electrons. The van der Waals surface area contributed by atoms with Crippen LogP contribution in [0.4, 0.5) is 0 Å². The molecule has 0 saturated carbocycles. The van der Waals surface area contributed by atoms with E-state index in [1.54, 1.807) is 0 Å². The van der Waals surface area contributed by atoms with Crippen molar-refractivity contribution in [3.63, 3.8) is 0 Å². The standard InChI is InChI=1S/C57H90O9/c58-53(59)37-29-21-13-5-1-9-17-25-33-47-41-43-51(49(45-47)35-27-19-11-3-7-15-23-31-39-55(62)63)57(66)52-44-42-48(34-26-18-10-2-6-14-22-30-38-54(60)61)46-50(52)36-28-20-12-4-8-16-24-32-40-56(64)65/h41-46H,1-40H2,(H,58,59)(H,60,61)(H,62,63)(H,64,65). The van der Waals surface area contributed by atoms with Crippen LogP contribution in [-0.2, 0) is 44.9 Å². The number of hydrogen-bond acceptors (Lipinski definition) is 5. The second-order valence-corrected chi connectivity index (χ2v) is 19.2. The van der Waals surface area contributed by atoms with Crippen molar-refractivity contribution >= 4 is 29.7 Å². The van der Waals surface area contributed by atoms with Gasteiger partial charge in [-0.05, 0) is 99.3 Å². The van der Waals surface area contributed by atoms with Gasteiger partial charge in [-0.3, -0.25) is 24.0 Å². The van der Waals surface area contributed by atoms with Gasteiger partial charge in [0.15, 0.2) is 5.78 Å². The molecule has 0 amide bonds. The van der Waals surface area contributed by atoms with Crippen molar-refractivity contribution in [3.8, 4) is 0 Å². The number of carboxylic acid groups (broad SMARTS) is 4. The van der Waals surface area contributed by atoms with Gasteiger partial charge in [0.25, 0.3) is 0 Å². The average Bonchev–Trinajstić information content (AvgIpc) is 3.28. The summed E-state index contributed by atoms with van der Waals surface area (Å²) in [4.78, 5) is 57.9. The molecule has 0 unspecified atom stereocenters. The van der Waals surface area contributed by atoms with Gasteiger partial charge in [0, 0.05) is 36.8 Å². The third-order valence-corrected chi connectivity index (χ3v) is 13.2. The Balaban J connectivity index is 2.10. The SMILES string of the molecule is O=C(O)CCCCCCCCCCc1ccc(C(=O)c2ccc(CCCCCCCCCCC(=O)O)cc2CCCCCCCCCCC(=O)O)c(CCCCCCCCCCC(=O)O)c1. The monoisotopic (exact) mass is 919 g/mol. The summed E-state index contributed by atoms with van der Waals surface area (Å²) < 4.78 is 0. The summed E-state index contributed by atoms with van der Waals surface area (Å²) in [6.07, 6.45) is 38.9. The molecule has 9 heteroatoms. The van der Waals surface area contributed by atoms with Crippen LogP contribution in [0, 0.1) is 0 Å². The molecule has 2 aromatic carbocycles. The fraction of sp³-hybridized carbons (Fsp3) is 0.702. The molecule has 0 aliphatic heterocycles. The van der Waals surface area contributed by atoms with E-state index in [1.807, 2.05) is 0 Å². The summed E-state index contributed by atoms with van der Waals surface area (Å²) >= 11 is 0. The Morgan fingerprint density at radius 1 is 0.273 bits per heavy atom. The Kier molecular flexibility index (Phi) is 34.4. The molecule has 0 saturated heterocycles. The van der Waals surface area contributed by atoms with Crippen molar-refractivity contribution in [3.05, 3.63) is 69.8 Å². The fourth-order valence-corrected chi connectivity index (χ4v) is 9.24. The average molecular weight is 919 g/mol. The van der Waals surface area contributed by atoms with Gasteiger partial charge in [-0.25, -0.2) is 0 Å². The molecular formula is C57H90O9. The minimum absolute atomic E-state index is 0.132. The first-order valence-corrected chi connectivity index (χ1v) is 26.7. The van der Waals surface area contributed by atoms with Crippen molar-refractivity contribution in [2.75, 3.05) is 0 Å². The molecule has 2 rings (SSSR count). The lowest BCUT2D eigenvalue weighted by atomic mass is 9.88. The van der Waals surface area contributed by atoms with Crippen LogP contribution in [0.5, 0.6) is 0 Å². The van der Waals surface area contributed by atoms with E-state index < -0.39 is 23.9 Å². The van der Waals surface area contributed by atoms with E-state index in [9.17, 15) is 24.0 Å². The molecule has 9 nitrogen and oxygen atoms in total. The Morgan fingerprint density at radius 3 is 0.727 bits per heavy atom. The van der Waals surface area contributed by atoms with E-state index in [2.05, 4.69) is 36.4 Å². The number of hydrogen-bond donors (Lipinski definition) is 4. The number of aryl methyl sites for hydroxylation is 4. The van der Waals surface area contributed by atoms with Crippen LogP contribution in [0.3, 0.4) is 0 Å². The lowest BCUT2D eigenvalue weighted by molar-refractivity contribution is -0.138. The highest BCUT2D eigenvalue weighted by Crippen LogP contribution is 2.26. The van der Waals surface area contributed by atoms with E-state index in [-0.39, 0.29) is 31.5 Å². The Hall–Kier alpha value is -4.01. The van der Waals surface area contributed by atoms with Crippen molar-refractivity contribution in [2.45, 2.75) is 257 Å². The molecule has 2 aromatic rings. The minimum Gasteiger partial charge on any atom is -0.481 e. The smallest absolute Gasteiger partial charge is 0.303 e. The van der Waals surface area contributed by atoms with Gasteiger partial charge < -0.3 is 20.4 Å². The van der Waals surface area contributed by atoms with Crippen molar-refractivity contribution < 1.29 is 44.4 Å². The molecule has 0 aliphatic rings. The Bertz CT molecular complexity index is 1510. The van der Waals surface area contributed by atoms with Gasteiger partial charge in [0.2, 0.25) is 0 Å². The molecule has 372 valence electrons. The quantitative estimate of drug-likeness (QED) is 0.0373. The van der Waals surface area contributed by atoms with E-state index in [4.69, 9.17) is 20.4 Å². The maximum Gasteiger partial charge on any atom is 0.303 e. The second-order valence-electron chi connectivity index (χ2n) is 19.2. The summed E-state index contributed by atoms with van der Waals surface area (Å²) in [5.74, 6) is -2.71. The number of ketones is 1. The molecule has 4 N–H and O–H groups in total. The number of benzene rings is 2. The lowest BCUT2D eigenvalue weighted by Crippen LogP contribution is -2.10. The molecule has 0 bridgehead atoms. The molecule has 66 heavy (non-hydrogen) atoms. The second kappa shape index (κ2) is 39.0. The largest absolute Gasteiger partial charge is 0.481 e. The number of carbonyl (C=O) groups excluding carboxylic acids is 1. The Labute approximate surface area is 399 Å². The highest BCUT2D eigenvalue weighted by molar-refractivity contribution is 6.11. The fourth-order valence-electron chi connectivity index (χ4n) is 9.24. The highest BCUT2D eigenvalue weighted by atomic mass is 16.4. The zero-order valence-electron chi connectivity index (χ0n) is 41.1. The maximum absolute atomic E-state index is 14.7. The molecule has 0 atom stereocenters. The zero-order valence-corrected chi connectivity index (χ0v) is 41.1. The van der Waals surface area contributed by atoms with Crippen molar-refractivity contribution in [1.82, 2.24) is 0 Å². The molecule has 0 heterocycles. The van der Waals surface area contributed by atoms with Crippen LogP contribution in [0.1, 0.15) is 269 Å². The van der Waals surface area contributed by atoms with Gasteiger partial charge in [-0.2, -0.15) is 0 Å². The first-order chi connectivity index (χ1) is 32.1. The van der Waals surface area contributed by atoms with Crippen LogP contribution in [0.2, 0.25) is 0 Å². The van der Waals surface area contributed by atoms with Crippen LogP contribution >= 0.6 is 0 Å². The predicted molar refractivity (Wildman–Crippen MR) is 268 cm³/mol. The third kappa shape index (κ3) is 31.1. The van der Waals surface area contributed by atoms with E-state index >= 15 is 0 Å². The van der Waals surface area contributed by atoms with Gasteiger partial charge in [0.05, 0.1) is 0 Å². The first kappa shape index (κ1) is 58.1. The number of aliphatic carboxylic acids is 4. The molecular weight excluding hydrogens is 829 g/mol. The van der Waals surface area contributed by atoms with Crippen molar-refractivity contribution in [2.24, 2.45) is 0 Å². The predicted octanol–water partition coefficient (Wildman–Crippen LogP) is 15.5. The summed E-state index contributed by atoms with van der Waals surface area (Å²) in [5, 5.41) is 35.5. The van der Waals surface area contributed by atoms with E-state index in [0.29, 0.717) is 0 Å². The normalized spacial score (nSPS) is 11.3. The summed E-state index contributed by atoms with van der Waals surface area (Å²) in [5.41, 5.74) is 6.58. The van der Waals surface area contributed by atoms with Gasteiger partial charge in [-0.1, -0.05) is 190 Å². The molecule has 0 fully saturated rings. The van der Waals surface area contributed by atoms with Gasteiger partial charge in [-0.15, -0.1) is 0 Å². The van der Waals surface area contributed by atoms with Crippen LogP contribution < -0.4 is 0 Å². The van der Waals surface area contributed by atoms with Gasteiger partial charge in [0.1, 0.15) is 0 Å². The van der Waals surface area contributed by atoms with E-state index in [1.165, 1.54) is 49.7 Å². The topological polar surface area (TPSA) is 166 Å². The third-order valence-electron chi connectivity index (χ3n) is 13.2. The lowest BCUT2D eigenvalue weighted by Gasteiger charge is -2.16. The summed E-state index contributed by atoms with van der Waals surface area (Å²) in [6.45, 7) is 0. The van der Waals surface area contributed by atoms with Crippen molar-refractivity contribution in [1.29, 1.82) is 0 Å². The Morgan fingerprint density at radius 2 is 0.485 bits per heavy atom. The maximum atomic E-state index is 14.7. The number of carbonyl (C=O) groups is 5. The molecule has 0 spiro atoms. The summed E-state index contributed by atoms with van der Waals surface area (Å²) in [6, 6.07) is 13.2. The first-order valence-electron chi connectivity index (χ1n) is 26.7. The molecule has 0 aliphatic carbocycles. The number of carboxylic acids is 4. The minimum atomic E-state index is -0.715. The van der Waals surface area contributed by atoms with Crippen LogP contribution in [-0.4, -0.2) is 50.1 Å².